The number of aryl methyl sites for hydroxylation is 1. The minimum Gasteiger partial charge on any atom is -0.353 e. The number of nitrogens with one attached hydrogen (secondary N) is 1. The van der Waals surface area contributed by atoms with E-state index in [2.05, 4.69) is 10.3 Å². The quantitative estimate of drug-likeness (QED) is 0.446. The molecule has 0 spiro atoms. The fraction of sp³-hybridized carbons (Fsp3) is 0.0417. The van der Waals surface area contributed by atoms with Gasteiger partial charge >= 0.3 is 0 Å². The molecule has 132 valence electrons. The summed E-state index contributed by atoms with van der Waals surface area (Å²) in [5.41, 5.74) is 5.18. The van der Waals surface area contributed by atoms with E-state index in [1.165, 1.54) is 5.56 Å². The third kappa shape index (κ3) is 3.72. The Bertz CT molecular complexity index is 1040. The van der Waals surface area contributed by atoms with Gasteiger partial charge in [-0.1, -0.05) is 78.4 Å². The second kappa shape index (κ2) is 7.42. The maximum absolute atomic E-state index is 15.3. The van der Waals surface area contributed by atoms with Crippen molar-refractivity contribution in [2.75, 3.05) is 5.32 Å². The maximum atomic E-state index is 15.3. The van der Waals surface area contributed by atoms with Crippen LogP contribution in [0.2, 0.25) is 0 Å². The molecule has 3 heteroatoms. The smallest absolute Gasteiger partial charge is 0.172 e. The van der Waals surface area contributed by atoms with Gasteiger partial charge in [-0.3, -0.25) is 0 Å². The average Bonchev–Trinajstić information content (AvgIpc) is 2.71. The lowest BCUT2D eigenvalue weighted by Crippen LogP contribution is -2.00. The fourth-order valence-corrected chi connectivity index (χ4v) is 2.96. The van der Waals surface area contributed by atoms with Crippen LogP contribution in [-0.4, -0.2) is 4.98 Å². The second-order valence-corrected chi connectivity index (χ2v) is 6.44. The molecule has 4 aromatic rings. The number of halogens is 1. The van der Waals surface area contributed by atoms with E-state index in [0.29, 0.717) is 11.4 Å². The molecule has 27 heavy (non-hydrogen) atoms. The Morgan fingerprint density at radius 2 is 1.37 bits per heavy atom. The predicted molar refractivity (Wildman–Crippen MR) is 110 cm³/mol. The van der Waals surface area contributed by atoms with Crippen LogP contribution in [0.25, 0.3) is 22.5 Å². The lowest BCUT2D eigenvalue weighted by Gasteiger charge is -2.14. The van der Waals surface area contributed by atoms with Crippen molar-refractivity contribution in [2.45, 2.75) is 6.92 Å². The lowest BCUT2D eigenvalue weighted by atomic mass is 10.1. The summed E-state index contributed by atoms with van der Waals surface area (Å²) in [6.45, 7) is 2.04. The van der Waals surface area contributed by atoms with Crippen LogP contribution in [0.1, 0.15) is 5.56 Å². The molecular formula is C24H19FN2. The van der Waals surface area contributed by atoms with Crippen LogP contribution in [0.4, 0.5) is 15.8 Å². The largest absolute Gasteiger partial charge is 0.353 e. The highest BCUT2D eigenvalue weighted by Gasteiger charge is 2.15. The SMILES string of the molecule is Cc1ccc(-c2cc(Nc3ccccc3)c(F)c(-c3ccccc3)n2)cc1. The van der Waals surface area contributed by atoms with Gasteiger partial charge in [-0.15, -0.1) is 0 Å². The summed E-state index contributed by atoms with van der Waals surface area (Å²) in [6.07, 6.45) is 0. The van der Waals surface area contributed by atoms with Crippen molar-refractivity contribution in [3.63, 3.8) is 0 Å². The molecule has 4 rings (SSSR count). The van der Waals surface area contributed by atoms with Crippen LogP contribution < -0.4 is 5.32 Å². The molecule has 0 unspecified atom stereocenters. The number of rotatable bonds is 4. The third-order valence-corrected chi connectivity index (χ3v) is 4.41. The van der Waals surface area contributed by atoms with Gasteiger partial charge in [-0.05, 0) is 25.1 Å². The molecule has 1 heterocycles. The van der Waals surface area contributed by atoms with Crippen molar-refractivity contribution in [3.8, 4) is 22.5 Å². The monoisotopic (exact) mass is 354 g/mol. The summed E-state index contributed by atoms with van der Waals surface area (Å²) in [5.74, 6) is -0.360. The molecule has 0 aliphatic rings. The van der Waals surface area contributed by atoms with E-state index in [1.807, 2.05) is 91.9 Å². The normalized spacial score (nSPS) is 10.6. The molecule has 0 radical (unpaired) electrons. The number of pyridine rings is 1. The summed E-state index contributed by atoms with van der Waals surface area (Å²) in [5, 5.41) is 3.19. The predicted octanol–water partition coefficient (Wildman–Crippen LogP) is 6.61. The number of benzene rings is 3. The molecular weight excluding hydrogens is 335 g/mol. The topological polar surface area (TPSA) is 24.9 Å². The first-order valence-corrected chi connectivity index (χ1v) is 8.86. The van der Waals surface area contributed by atoms with E-state index in [0.717, 1.165) is 22.5 Å². The van der Waals surface area contributed by atoms with Crippen LogP contribution in [0, 0.1) is 12.7 Å². The fourth-order valence-electron chi connectivity index (χ4n) is 2.96. The molecule has 0 aliphatic heterocycles. The minimum atomic E-state index is -0.360. The summed E-state index contributed by atoms with van der Waals surface area (Å²) < 4.78 is 15.3. The molecule has 3 aromatic carbocycles. The van der Waals surface area contributed by atoms with Gasteiger partial charge < -0.3 is 5.32 Å². The molecule has 0 atom stereocenters. The number of para-hydroxylation sites is 1. The molecule has 2 nitrogen and oxygen atoms in total. The first kappa shape index (κ1) is 17.0. The Morgan fingerprint density at radius 1 is 0.741 bits per heavy atom. The molecule has 0 saturated heterocycles. The van der Waals surface area contributed by atoms with Gasteiger partial charge in [0, 0.05) is 16.8 Å². The Hall–Kier alpha value is -3.46. The van der Waals surface area contributed by atoms with Crippen LogP contribution in [0.5, 0.6) is 0 Å². The van der Waals surface area contributed by atoms with Gasteiger partial charge in [0.25, 0.3) is 0 Å². The lowest BCUT2D eigenvalue weighted by molar-refractivity contribution is 0.630. The number of hydrogen-bond acceptors (Lipinski definition) is 2. The maximum Gasteiger partial charge on any atom is 0.172 e. The number of nitrogens with zero attached hydrogens (tertiary/aromatic N) is 1. The van der Waals surface area contributed by atoms with Gasteiger partial charge in [0.15, 0.2) is 5.82 Å². The van der Waals surface area contributed by atoms with E-state index < -0.39 is 0 Å². The standard InChI is InChI=1S/C24H19FN2/c1-17-12-14-18(15-13-17)21-16-22(26-20-10-6-3-7-11-20)23(25)24(27-21)19-8-4-2-5-9-19/h2-16H,1H3,(H,26,27). The Balaban J connectivity index is 1.86. The molecule has 0 aliphatic carbocycles. The zero-order valence-electron chi connectivity index (χ0n) is 15.0. The average molecular weight is 354 g/mol. The van der Waals surface area contributed by atoms with Crippen molar-refractivity contribution in [1.29, 1.82) is 0 Å². The van der Waals surface area contributed by atoms with Crippen molar-refractivity contribution < 1.29 is 4.39 Å². The molecule has 0 saturated carbocycles. The summed E-state index contributed by atoms with van der Waals surface area (Å²) in [7, 11) is 0. The van der Waals surface area contributed by atoms with Gasteiger partial charge in [0.1, 0.15) is 5.69 Å². The Labute approximate surface area is 158 Å². The molecule has 1 aromatic heterocycles. The summed E-state index contributed by atoms with van der Waals surface area (Å²) in [6, 6.07) is 28.9. The van der Waals surface area contributed by atoms with Crippen molar-refractivity contribution in [1.82, 2.24) is 4.98 Å². The molecule has 1 N–H and O–H groups in total. The van der Waals surface area contributed by atoms with Crippen LogP contribution >= 0.6 is 0 Å². The van der Waals surface area contributed by atoms with E-state index >= 15 is 4.39 Å². The van der Waals surface area contributed by atoms with Crippen LogP contribution in [0.15, 0.2) is 91.0 Å². The van der Waals surface area contributed by atoms with E-state index in [4.69, 9.17) is 0 Å². The summed E-state index contributed by atoms with van der Waals surface area (Å²) >= 11 is 0. The number of hydrogen-bond donors (Lipinski definition) is 1. The zero-order chi connectivity index (χ0) is 18.6. The van der Waals surface area contributed by atoms with Crippen molar-refractivity contribution in [3.05, 3.63) is 102 Å². The van der Waals surface area contributed by atoms with Crippen molar-refractivity contribution in [2.24, 2.45) is 0 Å². The van der Waals surface area contributed by atoms with E-state index in [-0.39, 0.29) is 5.82 Å². The first-order chi connectivity index (χ1) is 13.2. The van der Waals surface area contributed by atoms with E-state index in [9.17, 15) is 0 Å². The van der Waals surface area contributed by atoms with Crippen LogP contribution in [0.3, 0.4) is 0 Å². The van der Waals surface area contributed by atoms with E-state index in [1.54, 1.807) is 6.07 Å². The van der Waals surface area contributed by atoms with Gasteiger partial charge in [0.2, 0.25) is 0 Å². The molecule has 0 amide bonds. The zero-order valence-corrected chi connectivity index (χ0v) is 15.0. The van der Waals surface area contributed by atoms with Gasteiger partial charge in [-0.2, -0.15) is 0 Å². The molecule has 0 bridgehead atoms. The molecule has 0 fully saturated rings. The number of anilines is 2. The van der Waals surface area contributed by atoms with Gasteiger partial charge in [0.05, 0.1) is 11.4 Å². The highest BCUT2D eigenvalue weighted by molar-refractivity contribution is 5.75. The van der Waals surface area contributed by atoms with Crippen LogP contribution in [-0.2, 0) is 0 Å². The number of aromatic nitrogens is 1. The summed E-state index contributed by atoms with van der Waals surface area (Å²) in [4.78, 5) is 4.63. The third-order valence-electron chi connectivity index (χ3n) is 4.41. The van der Waals surface area contributed by atoms with Gasteiger partial charge in [-0.25, -0.2) is 9.37 Å². The van der Waals surface area contributed by atoms with Crippen molar-refractivity contribution >= 4 is 11.4 Å². The Kier molecular flexibility index (Phi) is 4.67. The highest BCUT2D eigenvalue weighted by Crippen LogP contribution is 2.32. The second-order valence-electron chi connectivity index (χ2n) is 6.44. The highest BCUT2D eigenvalue weighted by atomic mass is 19.1. The Morgan fingerprint density at radius 3 is 2.04 bits per heavy atom. The minimum absolute atomic E-state index is 0.340. The first-order valence-electron chi connectivity index (χ1n) is 8.86.